The Labute approximate surface area is 190 Å². The van der Waals surface area contributed by atoms with Crippen molar-refractivity contribution in [3.63, 3.8) is 0 Å². The van der Waals surface area contributed by atoms with Crippen molar-refractivity contribution in [2.75, 3.05) is 13.2 Å². The van der Waals surface area contributed by atoms with Crippen LogP contribution in [0.2, 0.25) is 0 Å². The normalized spacial score (nSPS) is 33.7. The Morgan fingerprint density at radius 3 is 2.06 bits per heavy atom. The summed E-state index contributed by atoms with van der Waals surface area (Å²) in [6.07, 6.45) is 9.97. The van der Waals surface area contributed by atoms with Gasteiger partial charge in [0.05, 0.1) is 13.2 Å². The van der Waals surface area contributed by atoms with E-state index in [-0.39, 0.29) is 25.0 Å². The zero-order valence-corrected chi connectivity index (χ0v) is 19.5. The minimum absolute atomic E-state index is 0.0494. The third-order valence-electron chi connectivity index (χ3n) is 7.88. The van der Waals surface area contributed by atoms with Crippen molar-refractivity contribution in [3.8, 4) is 0 Å². The predicted molar refractivity (Wildman–Crippen MR) is 120 cm³/mol. The molecule has 0 spiro atoms. The first-order valence-corrected chi connectivity index (χ1v) is 12.5. The van der Waals surface area contributed by atoms with Crippen LogP contribution in [0.25, 0.3) is 0 Å². The van der Waals surface area contributed by atoms with Crippen molar-refractivity contribution in [1.29, 1.82) is 0 Å². The Balaban J connectivity index is 1.38. The average Bonchev–Trinajstić information content (AvgIpc) is 2.82. The van der Waals surface area contributed by atoms with Crippen molar-refractivity contribution >= 4 is 0 Å². The molecular formula is C27H37F3O2. The van der Waals surface area contributed by atoms with Gasteiger partial charge in [0.2, 0.25) is 0 Å². The number of hydrogen-bond donors (Lipinski definition) is 0. The summed E-state index contributed by atoms with van der Waals surface area (Å²) in [6, 6.07) is 3.63. The lowest BCUT2D eigenvalue weighted by atomic mass is 9.77. The van der Waals surface area contributed by atoms with E-state index in [0.717, 1.165) is 43.6 Å². The molecule has 2 nitrogen and oxygen atoms in total. The van der Waals surface area contributed by atoms with Gasteiger partial charge in [-0.25, -0.2) is 13.2 Å². The Kier molecular flexibility index (Phi) is 7.66. The van der Waals surface area contributed by atoms with Gasteiger partial charge in [-0.2, -0.15) is 0 Å². The summed E-state index contributed by atoms with van der Waals surface area (Å²) in [5, 5.41) is 0. The molecule has 32 heavy (non-hydrogen) atoms. The van der Waals surface area contributed by atoms with Gasteiger partial charge in [-0.1, -0.05) is 44.9 Å². The third-order valence-corrected chi connectivity index (χ3v) is 7.88. The SMILES string of the molecule is CCCC1(F)COC(C2=CCC(c3ccc(C4CCC(CC)CC4)c(F)c3F)CC2)OC1. The van der Waals surface area contributed by atoms with Crippen LogP contribution in [0.4, 0.5) is 13.2 Å². The van der Waals surface area contributed by atoms with Crippen molar-refractivity contribution in [2.45, 2.75) is 102 Å². The fourth-order valence-electron chi connectivity index (χ4n) is 5.79. The number of hydrogen-bond acceptors (Lipinski definition) is 2. The van der Waals surface area contributed by atoms with E-state index in [2.05, 4.69) is 6.92 Å². The second-order valence-electron chi connectivity index (χ2n) is 10.1. The third kappa shape index (κ3) is 5.09. The summed E-state index contributed by atoms with van der Waals surface area (Å²) in [5.74, 6) is -0.510. The summed E-state index contributed by atoms with van der Waals surface area (Å²) < 4.78 is 56.0. The number of ether oxygens (including phenoxy) is 2. The number of benzene rings is 1. The van der Waals surface area contributed by atoms with Gasteiger partial charge in [-0.3, -0.25) is 0 Å². The highest BCUT2D eigenvalue weighted by Gasteiger charge is 2.38. The van der Waals surface area contributed by atoms with Crippen molar-refractivity contribution in [1.82, 2.24) is 0 Å². The highest BCUT2D eigenvalue weighted by atomic mass is 19.2. The highest BCUT2D eigenvalue weighted by Crippen LogP contribution is 2.41. The minimum atomic E-state index is -1.40. The Morgan fingerprint density at radius 2 is 1.53 bits per heavy atom. The number of allylic oxidation sites excluding steroid dienone is 1. The quantitative estimate of drug-likeness (QED) is 0.413. The van der Waals surface area contributed by atoms with Crippen LogP contribution in [0.15, 0.2) is 23.8 Å². The van der Waals surface area contributed by atoms with Crippen LogP contribution >= 0.6 is 0 Å². The molecular weight excluding hydrogens is 413 g/mol. The van der Waals surface area contributed by atoms with Crippen LogP contribution in [0.5, 0.6) is 0 Å². The van der Waals surface area contributed by atoms with E-state index in [1.54, 1.807) is 6.07 Å². The molecule has 0 aromatic heterocycles. The van der Waals surface area contributed by atoms with Gasteiger partial charge in [-0.15, -0.1) is 0 Å². The van der Waals surface area contributed by atoms with Gasteiger partial charge in [0.25, 0.3) is 0 Å². The van der Waals surface area contributed by atoms with Crippen LogP contribution in [0, 0.1) is 17.6 Å². The Hall–Kier alpha value is -1.33. The first kappa shape index (κ1) is 23.8. The molecule has 1 atom stereocenters. The maximum atomic E-state index is 15.1. The fourth-order valence-corrected chi connectivity index (χ4v) is 5.79. The van der Waals surface area contributed by atoms with Gasteiger partial charge in [0.1, 0.15) is 0 Å². The highest BCUT2D eigenvalue weighted by molar-refractivity contribution is 5.33. The molecule has 5 heteroatoms. The molecule has 0 radical (unpaired) electrons. The maximum absolute atomic E-state index is 15.1. The molecule has 1 saturated carbocycles. The van der Waals surface area contributed by atoms with Gasteiger partial charge in [-0.05, 0) is 85.8 Å². The fraction of sp³-hybridized carbons (Fsp3) is 0.704. The van der Waals surface area contributed by atoms with Gasteiger partial charge in [0.15, 0.2) is 23.6 Å². The standard InChI is InChI=1S/C27H37F3O2/c1-3-15-27(30)16-31-26(32-17-27)21-11-9-20(10-12-21)23-14-13-22(24(28)25(23)29)19-7-5-18(4-2)6-8-19/h11,13-14,18-20,26H,3-10,12,15-17H2,1-2H3. The van der Waals surface area contributed by atoms with Crippen molar-refractivity contribution < 1.29 is 22.6 Å². The molecule has 1 aromatic rings. The molecule has 1 aromatic carbocycles. The topological polar surface area (TPSA) is 18.5 Å². The molecule has 0 amide bonds. The summed E-state index contributed by atoms with van der Waals surface area (Å²) in [4.78, 5) is 0. The largest absolute Gasteiger partial charge is 0.345 e. The lowest BCUT2D eigenvalue weighted by Crippen LogP contribution is -2.44. The number of halogens is 3. The molecule has 178 valence electrons. The van der Waals surface area contributed by atoms with E-state index in [1.165, 1.54) is 6.42 Å². The number of alkyl halides is 1. The van der Waals surface area contributed by atoms with Gasteiger partial charge >= 0.3 is 0 Å². The lowest BCUT2D eigenvalue weighted by molar-refractivity contribution is -0.218. The van der Waals surface area contributed by atoms with Gasteiger partial charge in [0, 0.05) is 0 Å². The van der Waals surface area contributed by atoms with E-state index < -0.39 is 23.6 Å². The van der Waals surface area contributed by atoms with Crippen LogP contribution in [-0.4, -0.2) is 25.2 Å². The van der Waals surface area contributed by atoms with Crippen molar-refractivity contribution in [3.05, 3.63) is 46.5 Å². The van der Waals surface area contributed by atoms with Crippen LogP contribution in [0.1, 0.15) is 101 Å². The molecule has 1 unspecified atom stereocenters. The maximum Gasteiger partial charge on any atom is 0.180 e. The second kappa shape index (κ2) is 10.3. The summed E-state index contributed by atoms with van der Waals surface area (Å²) in [6.45, 7) is 4.25. The molecule has 0 bridgehead atoms. The minimum Gasteiger partial charge on any atom is -0.345 e. The molecule has 4 rings (SSSR count). The summed E-state index contributed by atoms with van der Waals surface area (Å²) in [5.41, 5.74) is 0.616. The van der Waals surface area contributed by atoms with E-state index in [0.29, 0.717) is 36.8 Å². The zero-order chi connectivity index (χ0) is 22.7. The molecule has 1 heterocycles. The second-order valence-corrected chi connectivity index (χ2v) is 10.1. The van der Waals surface area contributed by atoms with Gasteiger partial charge < -0.3 is 9.47 Å². The average molecular weight is 451 g/mol. The Morgan fingerprint density at radius 1 is 0.906 bits per heavy atom. The molecule has 3 aliphatic rings. The van der Waals surface area contributed by atoms with E-state index >= 15 is 8.78 Å². The Bertz CT molecular complexity index is 805. The predicted octanol–water partition coefficient (Wildman–Crippen LogP) is 7.72. The van der Waals surface area contributed by atoms with E-state index in [9.17, 15) is 4.39 Å². The summed E-state index contributed by atoms with van der Waals surface area (Å²) >= 11 is 0. The molecule has 0 N–H and O–H groups in total. The van der Waals surface area contributed by atoms with E-state index in [4.69, 9.17) is 9.47 Å². The first-order valence-electron chi connectivity index (χ1n) is 12.5. The monoisotopic (exact) mass is 450 g/mol. The first-order chi connectivity index (χ1) is 15.4. The zero-order valence-electron chi connectivity index (χ0n) is 19.5. The molecule has 1 saturated heterocycles. The molecule has 2 aliphatic carbocycles. The smallest absolute Gasteiger partial charge is 0.180 e. The summed E-state index contributed by atoms with van der Waals surface area (Å²) in [7, 11) is 0. The van der Waals surface area contributed by atoms with Crippen molar-refractivity contribution in [2.24, 2.45) is 5.92 Å². The molecule has 2 fully saturated rings. The number of rotatable bonds is 6. The molecule has 1 aliphatic heterocycles. The van der Waals surface area contributed by atoms with E-state index in [1.807, 2.05) is 19.1 Å². The van der Waals surface area contributed by atoms with Crippen LogP contribution in [0.3, 0.4) is 0 Å². The van der Waals surface area contributed by atoms with Crippen LogP contribution < -0.4 is 0 Å². The van der Waals surface area contributed by atoms with Crippen LogP contribution in [-0.2, 0) is 9.47 Å². The lowest BCUT2D eigenvalue weighted by Gasteiger charge is -2.36.